The van der Waals surface area contributed by atoms with Crippen LogP contribution >= 0.6 is 11.6 Å². The molecular formula is C16H12ClF2NO6. The summed E-state index contributed by atoms with van der Waals surface area (Å²) in [5, 5.41) is 11.7. The summed E-state index contributed by atoms with van der Waals surface area (Å²) in [5.74, 6) is -1.86. The Labute approximate surface area is 151 Å². The highest BCUT2D eigenvalue weighted by atomic mass is 35.5. The van der Waals surface area contributed by atoms with Crippen LogP contribution in [0.4, 0.5) is 14.5 Å². The lowest BCUT2D eigenvalue weighted by Crippen LogP contribution is -2.10. The molecule has 2 aromatic rings. The average molecular weight is 388 g/mol. The molecular weight excluding hydrogens is 376 g/mol. The van der Waals surface area contributed by atoms with Crippen LogP contribution in [0.1, 0.15) is 15.9 Å². The van der Waals surface area contributed by atoms with Gasteiger partial charge in [-0.25, -0.2) is 4.79 Å². The Bertz CT molecular complexity index is 813. The number of carbonyl (C=O) groups excluding carboxylic acids is 1. The van der Waals surface area contributed by atoms with Crippen molar-refractivity contribution in [2.75, 3.05) is 7.11 Å². The molecule has 0 aromatic heterocycles. The Kier molecular flexibility index (Phi) is 6.29. The zero-order chi connectivity index (χ0) is 19.3. The predicted molar refractivity (Wildman–Crippen MR) is 86.9 cm³/mol. The van der Waals surface area contributed by atoms with Crippen LogP contribution in [0.2, 0.25) is 5.02 Å². The quantitative estimate of drug-likeness (QED) is 0.401. The summed E-state index contributed by atoms with van der Waals surface area (Å²) in [5.41, 5.74) is -0.597. The highest BCUT2D eigenvalue weighted by molar-refractivity contribution is 6.30. The first kappa shape index (κ1) is 19.4. The smallest absolute Gasteiger partial charge is 0.387 e. The van der Waals surface area contributed by atoms with Crippen LogP contribution in [0.15, 0.2) is 36.4 Å². The summed E-state index contributed by atoms with van der Waals surface area (Å²) in [7, 11) is 1.14. The van der Waals surface area contributed by atoms with Gasteiger partial charge in [-0.1, -0.05) is 23.7 Å². The number of esters is 1. The van der Waals surface area contributed by atoms with Crippen molar-refractivity contribution in [2.45, 2.75) is 13.2 Å². The zero-order valence-corrected chi connectivity index (χ0v) is 14.0. The molecule has 26 heavy (non-hydrogen) atoms. The highest BCUT2D eigenvalue weighted by Crippen LogP contribution is 2.36. The summed E-state index contributed by atoms with van der Waals surface area (Å²) >= 11 is 5.75. The van der Waals surface area contributed by atoms with Gasteiger partial charge in [-0.15, -0.1) is 0 Å². The van der Waals surface area contributed by atoms with Crippen LogP contribution in [0.5, 0.6) is 11.5 Å². The van der Waals surface area contributed by atoms with Crippen molar-refractivity contribution in [1.82, 2.24) is 0 Å². The van der Waals surface area contributed by atoms with E-state index in [4.69, 9.17) is 21.1 Å². The van der Waals surface area contributed by atoms with Crippen molar-refractivity contribution in [3.63, 3.8) is 0 Å². The molecule has 0 unspecified atom stereocenters. The van der Waals surface area contributed by atoms with Gasteiger partial charge in [0.1, 0.15) is 12.2 Å². The molecule has 0 spiro atoms. The van der Waals surface area contributed by atoms with Gasteiger partial charge in [0.2, 0.25) is 0 Å². The van der Waals surface area contributed by atoms with E-state index in [9.17, 15) is 23.7 Å². The Balaban J connectivity index is 2.29. The molecule has 0 bridgehead atoms. The van der Waals surface area contributed by atoms with Crippen molar-refractivity contribution in [2.24, 2.45) is 0 Å². The molecule has 0 saturated heterocycles. The lowest BCUT2D eigenvalue weighted by atomic mass is 10.1. The fraction of sp³-hybridized carbons (Fsp3) is 0.188. The van der Waals surface area contributed by atoms with Crippen LogP contribution < -0.4 is 9.47 Å². The first-order valence-corrected chi connectivity index (χ1v) is 7.42. The maximum Gasteiger partial charge on any atom is 0.387 e. The van der Waals surface area contributed by atoms with Gasteiger partial charge in [-0.2, -0.15) is 8.78 Å². The second kappa shape index (κ2) is 8.43. The lowest BCUT2D eigenvalue weighted by molar-refractivity contribution is -0.385. The number of rotatable bonds is 7. The second-order valence-electron chi connectivity index (χ2n) is 4.86. The molecule has 10 heteroatoms. The number of ether oxygens (including phenoxy) is 3. The molecule has 0 fully saturated rings. The fourth-order valence-electron chi connectivity index (χ4n) is 2.02. The topological polar surface area (TPSA) is 87.9 Å². The van der Waals surface area contributed by atoms with Crippen molar-refractivity contribution in [1.29, 1.82) is 0 Å². The van der Waals surface area contributed by atoms with Crippen LogP contribution in [0.25, 0.3) is 0 Å². The molecule has 0 saturated carbocycles. The van der Waals surface area contributed by atoms with Crippen molar-refractivity contribution in [3.8, 4) is 11.5 Å². The van der Waals surface area contributed by atoms with Crippen LogP contribution in [0, 0.1) is 10.1 Å². The molecule has 0 aliphatic heterocycles. The van der Waals surface area contributed by atoms with E-state index in [-0.39, 0.29) is 12.4 Å². The Hall–Kier alpha value is -2.94. The van der Waals surface area contributed by atoms with Gasteiger partial charge in [-0.05, 0) is 17.7 Å². The second-order valence-corrected chi connectivity index (χ2v) is 5.29. The molecule has 0 aliphatic carbocycles. The van der Waals surface area contributed by atoms with Crippen molar-refractivity contribution < 1.29 is 32.7 Å². The number of hydrogen-bond acceptors (Lipinski definition) is 6. The summed E-state index contributed by atoms with van der Waals surface area (Å²) in [6, 6.07) is 8.01. The first-order valence-electron chi connectivity index (χ1n) is 7.04. The standard InChI is InChI=1S/C16H12ClF2NO6/c1-24-13-6-11(12(20(22)23)7-14(13)26-16(18)19)15(21)25-8-9-2-4-10(17)5-3-9/h2-7,16H,8H2,1H3. The molecule has 0 N–H and O–H groups in total. The SMILES string of the molecule is COc1cc(C(=O)OCc2ccc(Cl)cc2)c([N+](=O)[O-])cc1OC(F)F. The number of alkyl halides is 2. The van der Waals surface area contributed by atoms with Gasteiger partial charge in [0, 0.05) is 11.1 Å². The third-order valence-corrected chi connectivity index (χ3v) is 3.45. The third-order valence-electron chi connectivity index (χ3n) is 3.20. The van der Waals surface area contributed by atoms with Crippen LogP contribution in [0.3, 0.4) is 0 Å². The number of methoxy groups -OCH3 is 1. The van der Waals surface area contributed by atoms with E-state index in [1.54, 1.807) is 24.3 Å². The van der Waals surface area contributed by atoms with Gasteiger partial charge < -0.3 is 14.2 Å². The highest BCUT2D eigenvalue weighted by Gasteiger charge is 2.27. The van der Waals surface area contributed by atoms with Gasteiger partial charge in [0.05, 0.1) is 18.1 Å². The van der Waals surface area contributed by atoms with Gasteiger partial charge in [0.25, 0.3) is 5.69 Å². The Morgan fingerprint density at radius 3 is 2.42 bits per heavy atom. The molecule has 0 radical (unpaired) electrons. The monoisotopic (exact) mass is 387 g/mol. The minimum absolute atomic E-state index is 0.162. The molecule has 0 amide bonds. The predicted octanol–water partition coefficient (Wildman–Crippen LogP) is 4.22. The molecule has 0 aliphatic rings. The lowest BCUT2D eigenvalue weighted by Gasteiger charge is -2.12. The van der Waals surface area contributed by atoms with E-state index < -0.39 is 34.5 Å². The fourth-order valence-corrected chi connectivity index (χ4v) is 2.14. The molecule has 7 nitrogen and oxygen atoms in total. The Morgan fingerprint density at radius 1 is 1.23 bits per heavy atom. The number of hydrogen-bond donors (Lipinski definition) is 0. The maximum absolute atomic E-state index is 12.4. The number of carbonyl (C=O) groups is 1. The number of nitro benzene ring substituents is 1. The van der Waals surface area contributed by atoms with Crippen molar-refractivity contribution >= 4 is 23.3 Å². The number of nitrogens with zero attached hydrogens (tertiary/aromatic N) is 1. The first-order chi connectivity index (χ1) is 12.3. The molecule has 0 atom stereocenters. The van der Waals surface area contributed by atoms with E-state index in [0.717, 1.165) is 13.2 Å². The number of benzene rings is 2. The largest absolute Gasteiger partial charge is 0.493 e. The van der Waals surface area contributed by atoms with E-state index in [1.165, 1.54) is 0 Å². The minimum Gasteiger partial charge on any atom is -0.493 e. The molecule has 2 rings (SSSR count). The maximum atomic E-state index is 12.4. The van der Waals surface area contributed by atoms with Crippen LogP contribution in [-0.2, 0) is 11.3 Å². The van der Waals surface area contributed by atoms with E-state index in [2.05, 4.69) is 4.74 Å². The minimum atomic E-state index is -3.22. The molecule has 0 heterocycles. The molecule has 138 valence electrons. The van der Waals surface area contributed by atoms with E-state index in [0.29, 0.717) is 16.7 Å². The van der Waals surface area contributed by atoms with Crippen molar-refractivity contribution in [3.05, 3.63) is 62.7 Å². The zero-order valence-electron chi connectivity index (χ0n) is 13.3. The van der Waals surface area contributed by atoms with E-state index in [1.807, 2.05) is 0 Å². The summed E-state index contributed by atoms with van der Waals surface area (Å²) in [6.45, 7) is -3.38. The van der Waals surface area contributed by atoms with Gasteiger partial charge >= 0.3 is 12.6 Å². The summed E-state index contributed by atoms with van der Waals surface area (Å²) in [4.78, 5) is 22.5. The van der Waals surface area contributed by atoms with Crippen LogP contribution in [-0.4, -0.2) is 24.6 Å². The molecule has 2 aromatic carbocycles. The number of nitro groups is 1. The van der Waals surface area contributed by atoms with E-state index >= 15 is 0 Å². The van der Waals surface area contributed by atoms with Gasteiger partial charge in [0.15, 0.2) is 11.5 Å². The van der Waals surface area contributed by atoms with Gasteiger partial charge in [-0.3, -0.25) is 10.1 Å². The third kappa shape index (κ3) is 4.79. The normalized spacial score (nSPS) is 10.5. The number of halogens is 3. The summed E-state index contributed by atoms with van der Waals surface area (Å²) in [6.07, 6.45) is 0. The Morgan fingerprint density at radius 2 is 1.88 bits per heavy atom. The summed E-state index contributed by atoms with van der Waals surface area (Å²) < 4.78 is 38.9. The average Bonchev–Trinajstić information content (AvgIpc) is 2.60.